The smallest absolute Gasteiger partial charge is 0.144 e. The summed E-state index contributed by atoms with van der Waals surface area (Å²) in [5, 5.41) is 11.6. The molecule has 0 saturated heterocycles. The fraction of sp³-hybridized carbons (Fsp3) is 0.615. The van der Waals surface area contributed by atoms with Crippen molar-refractivity contribution in [2.24, 2.45) is 5.92 Å². The Labute approximate surface area is 109 Å². The van der Waals surface area contributed by atoms with Gasteiger partial charge < -0.3 is 5.32 Å². The first-order valence-corrected chi connectivity index (χ1v) is 6.23. The quantitative estimate of drug-likeness (QED) is 0.797. The molecule has 0 spiro atoms. The van der Waals surface area contributed by atoms with Crippen LogP contribution < -0.4 is 5.32 Å². The van der Waals surface area contributed by atoms with Crippen molar-refractivity contribution < 1.29 is 0 Å². The van der Waals surface area contributed by atoms with Gasteiger partial charge in [0.1, 0.15) is 5.82 Å². The molecule has 0 aliphatic carbocycles. The minimum atomic E-state index is 0.550. The second-order valence-corrected chi connectivity index (χ2v) is 4.68. The monoisotopic (exact) mass is 247 g/mol. The lowest BCUT2D eigenvalue weighted by molar-refractivity contribution is 0.238. The van der Waals surface area contributed by atoms with E-state index in [0.717, 1.165) is 31.1 Å². The van der Waals surface area contributed by atoms with Crippen LogP contribution in [0.15, 0.2) is 12.4 Å². The SMILES string of the molecule is CNc1cnc(CN(CCC#N)CC(C)C)cn1. The summed E-state index contributed by atoms with van der Waals surface area (Å²) in [6.45, 7) is 6.85. The van der Waals surface area contributed by atoms with Crippen molar-refractivity contribution in [1.82, 2.24) is 14.9 Å². The Morgan fingerprint density at radius 1 is 1.39 bits per heavy atom. The predicted octanol–water partition coefficient (Wildman–Crippen LogP) is 1.89. The number of hydrogen-bond donors (Lipinski definition) is 1. The minimum Gasteiger partial charge on any atom is -0.372 e. The van der Waals surface area contributed by atoms with Crippen molar-refractivity contribution in [3.63, 3.8) is 0 Å². The lowest BCUT2D eigenvalue weighted by atomic mass is 10.2. The highest BCUT2D eigenvalue weighted by molar-refractivity contribution is 5.29. The molecule has 1 aromatic rings. The van der Waals surface area contributed by atoms with Gasteiger partial charge in [-0.1, -0.05) is 13.8 Å². The van der Waals surface area contributed by atoms with Gasteiger partial charge in [0.25, 0.3) is 0 Å². The lowest BCUT2D eigenvalue weighted by Crippen LogP contribution is -2.28. The van der Waals surface area contributed by atoms with Crippen LogP contribution in [-0.2, 0) is 6.54 Å². The molecule has 0 atom stereocenters. The van der Waals surface area contributed by atoms with Crippen LogP contribution in [0.1, 0.15) is 26.0 Å². The first kappa shape index (κ1) is 14.4. The van der Waals surface area contributed by atoms with E-state index in [1.54, 1.807) is 12.4 Å². The van der Waals surface area contributed by atoms with Gasteiger partial charge in [-0.25, -0.2) is 4.98 Å². The molecule has 1 aromatic heterocycles. The third-order valence-electron chi connectivity index (χ3n) is 2.51. The topological polar surface area (TPSA) is 64.8 Å². The summed E-state index contributed by atoms with van der Waals surface area (Å²) in [6, 6.07) is 2.19. The van der Waals surface area contributed by atoms with Crippen molar-refractivity contribution >= 4 is 5.82 Å². The second-order valence-electron chi connectivity index (χ2n) is 4.68. The number of aromatic nitrogens is 2. The van der Waals surface area contributed by atoms with E-state index >= 15 is 0 Å². The zero-order valence-corrected chi connectivity index (χ0v) is 11.3. The van der Waals surface area contributed by atoms with Gasteiger partial charge in [0.2, 0.25) is 0 Å². The van der Waals surface area contributed by atoms with Gasteiger partial charge >= 0.3 is 0 Å². The van der Waals surface area contributed by atoms with Crippen LogP contribution >= 0.6 is 0 Å². The number of nitrogens with one attached hydrogen (secondary N) is 1. The van der Waals surface area contributed by atoms with E-state index in [4.69, 9.17) is 5.26 Å². The highest BCUT2D eigenvalue weighted by atomic mass is 15.1. The van der Waals surface area contributed by atoms with E-state index in [1.807, 2.05) is 7.05 Å². The van der Waals surface area contributed by atoms with E-state index < -0.39 is 0 Å². The summed E-state index contributed by atoms with van der Waals surface area (Å²) >= 11 is 0. The number of hydrogen-bond acceptors (Lipinski definition) is 5. The normalized spacial score (nSPS) is 10.7. The zero-order valence-electron chi connectivity index (χ0n) is 11.3. The van der Waals surface area contributed by atoms with Crippen LogP contribution in [0.25, 0.3) is 0 Å². The van der Waals surface area contributed by atoms with Gasteiger partial charge in [0, 0.05) is 33.1 Å². The molecule has 18 heavy (non-hydrogen) atoms. The number of nitriles is 1. The van der Waals surface area contributed by atoms with Gasteiger partial charge in [-0.05, 0) is 5.92 Å². The highest BCUT2D eigenvalue weighted by Gasteiger charge is 2.09. The van der Waals surface area contributed by atoms with Crippen molar-refractivity contribution in [3.8, 4) is 6.07 Å². The molecule has 1 N–H and O–H groups in total. The average molecular weight is 247 g/mol. The van der Waals surface area contributed by atoms with E-state index in [1.165, 1.54) is 0 Å². The fourth-order valence-electron chi connectivity index (χ4n) is 1.75. The van der Waals surface area contributed by atoms with Crippen LogP contribution in [0.3, 0.4) is 0 Å². The molecule has 5 heteroatoms. The molecule has 0 radical (unpaired) electrons. The predicted molar refractivity (Wildman–Crippen MR) is 71.9 cm³/mol. The molecule has 0 unspecified atom stereocenters. The molecular formula is C13H21N5. The molecule has 0 saturated carbocycles. The largest absolute Gasteiger partial charge is 0.372 e. The molecule has 0 fully saturated rings. The Morgan fingerprint density at radius 2 is 2.17 bits per heavy atom. The maximum atomic E-state index is 8.67. The zero-order chi connectivity index (χ0) is 13.4. The number of rotatable bonds is 7. The third kappa shape index (κ3) is 5.11. The molecule has 5 nitrogen and oxygen atoms in total. The maximum absolute atomic E-state index is 8.67. The van der Waals surface area contributed by atoms with Crippen molar-refractivity contribution in [2.45, 2.75) is 26.8 Å². The average Bonchev–Trinajstić information content (AvgIpc) is 2.36. The molecule has 0 aromatic carbocycles. The Bertz CT molecular complexity index is 379. The van der Waals surface area contributed by atoms with Crippen molar-refractivity contribution in [3.05, 3.63) is 18.1 Å². The lowest BCUT2D eigenvalue weighted by Gasteiger charge is -2.22. The van der Waals surface area contributed by atoms with Crippen LogP contribution in [-0.4, -0.2) is 35.0 Å². The van der Waals surface area contributed by atoms with E-state index in [-0.39, 0.29) is 0 Å². The maximum Gasteiger partial charge on any atom is 0.144 e. The minimum absolute atomic E-state index is 0.550. The van der Waals surface area contributed by atoms with Crippen LogP contribution in [0.4, 0.5) is 5.82 Å². The fourth-order valence-corrected chi connectivity index (χ4v) is 1.75. The van der Waals surface area contributed by atoms with Gasteiger partial charge in [0.05, 0.1) is 24.2 Å². The number of nitrogens with zero attached hydrogens (tertiary/aromatic N) is 4. The Morgan fingerprint density at radius 3 is 2.67 bits per heavy atom. The Kier molecular flexibility index (Phi) is 6.09. The second kappa shape index (κ2) is 7.62. The van der Waals surface area contributed by atoms with Crippen LogP contribution in [0, 0.1) is 17.2 Å². The molecule has 0 aliphatic heterocycles. The van der Waals surface area contributed by atoms with Gasteiger partial charge in [-0.3, -0.25) is 9.88 Å². The Hall–Kier alpha value is -1.67. The highest BCUT2D eigenvalue weighted by Crippen LogP contribution is 2.07. The molecule has 1 rings (SSSR count). The summed E-state index contributed by atoms with van der Waals surface area (Å²) in [5.41, 5.74) is 0.938. The summed E-state index contributed by atoms with van der Waals surface area (Å²) in [6.07, 6.45) is 4.06. The third-order valence-corrected chi connectivity index (χ3v) is 2.51. The summed E-state index contributed by atoms with van der Waals surface area (Å²) in [4.78, 5) is 10.8. The van der Waals surface area contributed by atoms with E-state index in [2.05, 4.69) is 40.1 Å². The molecule has 1 heterocycles. The summed E-state index contributed by atoms with van der Waals surface area (Å²) < 4.78 is 0. The van der Waals surface area contributed by atoms with Gasteiger partial charge in [0.15, 0.2) is 0 Å². The molecule has 0 amide bonds. The van der Waals surface area contributed by atoms with Crippen molar-refractivity contribution in [1.29, 1.82) is 5.26 Å². The van der Waals surface area contributed by atoms with Gasteiger partial charge in [-0.2, -0.15) is 5.26 Å². The van der Waals surface area contributed by atoms with Crippen molar-refractivity contribution in [2.75, 3.05) is 25.5 Å². The molecule has 0 bridgehead atoms. The number of anilines is 1. The molecule has 0 aliphatic rings. The first-order valence-electron chi connectivity index (χ1n) is 6.23. The first-order chi connectivity index (χ1) is 8.65. The van der Waals surface area contributed by atoms with Crippen LogP contribution in [0.5, 0.6) is 0 Å². The van der Waals surface area contributed by atoms with E-state index in [0.29, 0.717) is 12.3 Å². The van der Waals surface area contributed by atoms with Gasteiger partial charge in [-0.15, -0.1) is 0 Å². The molecule has 98 valence electrons. The van der Waals surface area contributed by atoms with Crippen LogP contribution in [0.2, 0.25) is 0 Å². The molecular weight excluding hydrogens is 226 g/mol. The summed E-state index contributed by atoms with van der Waals surface area (Å²) in [7, 11) is 1.82. The summed E-state index contributed by atoms with van der Waals surface area (Å²) in [5.74, 6) is 1.35. The van der Waals surface area contributed by atoms with E-state index in [9.17, 15) is 0 Å². The standard InChI is InChI=1S/C13H21N5/c1-11(2)9-18(6-4-5-14)10-12-7-17-13(15-3)8-16-12/h7-8,11H,4,6,9-10H2,1-3H3,(H,15,17). The Balaban J connectivity index is 2.60.